The van der Waals surface area contributed by atoms with Gasteiger partial charge in [-0.3, -0.25) is 0 Å². The smallest absolute Gasteiger partial charge is 0.157 e. The number of hydrogen-bond donors (Lipinski definition) is 1. The number of halogens is 1. The highest BCUT2D eigenvalue weighted by Crippen LogP contribution is 2.12. The molecule has 0 amide bonds. The molecule has 0 fully saturated rings. The molecule has 0 aliphatic rings. The van der Waals surface area contributed by atoms with Gasteiger partial charge in [-0.05, 0) is 17.7 Å². The van der Waals surface area contributed by atoms with E-state index in [0.29, 0.717) is 10.6 Å². The molecule has 0 aromatic heterocycles. The fourth-order valence-electron chi connectivity index (χ4n) is 1.43. The number of benzene rings is 1. The van der Waals surface area contributed by atoms with Gasteiger partial charge in [0, 0.05) is 12.1 Å². The van der Waals surface area contributed by atoms with Gasteiger partial charge >= 0.3 is 0 Å². The molecule has 1 atom stereocenters. The van der Waals surface area contributed by atoms with E-state index in [1.165, 1.54) is 7.11 Å². The summed E-state index contributed by atoms with van der Waals surface area (Å²) in [6, 6.07) is 6.58. The van der Waals surface area contributed by atoms with Crippen LogP contribution in [-0.4, -0.2) is 39.1 Å². The van der Waals surface area contributed by atoms with Crippen LogP contribution in [-0.2, 0) is 20.3 Å². The van der Waals surface area contributed by atoms with Gasteiger partial charge in [0.1, 0.15) is 0 Å². The molecule has 0 aliphatic carbocycles. The molecule has 0 saturated heterocycles. The minimum Gasteiger partial charge on any atom is -0.390 e. The lowest BCUT2D eigenvalue weighted by Gasteiger charge is -2.10. The van der Waals surface area contributed by atoms with Crippen molar-refractivity contribution in [3.05, 3.63) is 34.9 Å². The number of sulfone groups is 1. The maximum atomic E-state index is 11.7. The Hall–Kier alpha value is -0.620. The van der Waals surface area contributed by atoms with Crippen molar-refractivity contribution in [1.82, 2.24) is 0 Å². The fraction of sp³-hybridized carbons (Fsp3) is 0.455. The minimum atomic E-state index is -3.34. The van der Waals surface area contributed by atoms with Crippen LogP contribution >= 0.6 is 11.6 Å². The molecule has 1 unspecified atom stereocenters. The van der Waals surface area contributed by atoms with Crippen molar-refractivity contribution in [2.45, 2.75) is 11.9 Å². The summed E-state index contributed by atoms with van der Waals surface area (Å²) in [4.78, 5) is 0. The standard InChI is InChI=1S/C11H15ClO4S/c1-16-6-11(13)8-17(14,15)7-9-2-4-10(12)5-3-9/h2-5,11,13H,6-8H2,1H3. The molecule has 96 valence electrons. The normalized spacial score (nSPS) is 13.6. The van der Waals surface area contributed by atoms with Gasteiger partial charge < -0.3 is 9.84 Å². The Kier molecular flexibility index (Phi) is 5.39. The van der Waals surface area contributed by atoms with Gasteiger partial charge in [0.15, 0.2) is 9.84 Å². The lowest BCUT2D eigenvalue weighted by molar-refractivity contribution is 0.0783. The van der Waals surface area contributed by atoms with Gasteiger partial charge in [-0.2, -0.15) is 0 Å². The third-order valence-corrected chi connectivity index (χ3v) is 4.02. The van der Waals surface area contributed by atoms with E-state index in [1.54, 1.807) is 24.3 Å². The molecule has 1 aromatic rings. The number of hydrogen-bond acceptors (Lipinski definition) is 4. The molecular weight excluding hydrogens is 264 g/mol. The van der Waals surface area contributed by atoms with Crippen molar-refractivity contribution < 1.29 is 18.3 Å². The summed E-state index contributed by atoms with van der Waals surface area (Å²) in [7, 11) is -1.93. The zero-order valence-electron chi connectivity index (χ0n) is 9.47. The van der Waals surface area contributed by atoms with Crippen molar-refractivity contribution in [1.29, 1.82) is 0 Å². The van der Waals surface area contributed by atoms with E-state index in [2.05, 4.69) is 4.74 Å². The van der Waals surface area contributed by atoms with Crippen LogP contribution in [0.5, 0.6) is 0 Å². The largest absolute Gasteiger partial charge is 0.390 e. The maximum Gasteiger partial charge on any atom is 0.157 e. The van der Waals surface area contributed by atoms with Crippen molar-refractivity contribution in [3.63, 3.8) is 0 Å². The summed E-state index contributed by atoms with van der Waals surface area (Å²) in [5.74, 6) is -0.408. The number of aliphatic hydroxyl groups excluding tert-OH is 1. The summed E-state index contributed by atoms with van der Waals surface area (Å²) >= 11 is 5.70. The lowest BCUT2D eigenvalue weighted by atomic mass is 10.2. The first-order valence-electron chi connectivity index (χ1n) is 5.05. The molecule has 4 nitrogen and oxygen atoms in total. The summed E-state index contributed by atoms with van der Waals surface area (Å²) in [5, 5.41) is 9.94. The summed E-state index contributed by atoms with van der Waals surface area (Å²) < 4.78 is 28.1. The monoisotopic (exact) mass is 278 g/mol. The number of methoxy groups -OCH3 is 1. The Morgan fingerprint density at radius 2 is 1.94 bits per heavy atom. The molecule has 0 bridgehead atoms. The minimum absolute atomic E-state index is 0.0137. The Balaban J connectivity index is 2.63. The molecule has 6 heteroatoms. The number of rotatable bonds is 6. The molecule has 0 aliphatic heterocycles. The van der Waals surface area contributed by atoms with Crippen LogP contribution in [0.4, 0.5) is 0 Å². The second-order valence-corrected chi connectivity index (χ2v) is 6.34. The van der Waals surface area contributed by atoms with E-state index in [9.17, 15) is 13.5 Å². The molecule has 1 rings (SSSR count). The van der Waals surface area contributed by atoms with Gasteiger partial charge in [0.2, 0.25) is 0 Å². The number of aliphatic hydroxyl groups is 1. The maximum absolute atomic E-state index is 11.7. The quantitative estimate of drug-likeness (QED) is 0.851. The molecule has 0 spiro atoms. The van der Waals surface area contributed by atoms with Crippen molar-refractivity contribution in [2.75, 3.05) is 19.5 Å². The number of ether oxygens (including phenoxy) is 1. The Labute approximate surface area is 106 Å². The first-order valence-corrected chi connectivity index (χ1v) is 7.25. The van der Waals surface area contributed by atoms with Crippen molar-refractivity contribution in [3.8, 4) is 0 Å². The van der Waals surface area contributed by atoms with E-state index >= 15 is 0 Å². The highest BCUT2D eigenvalue weighted by molar-refractivity contribution is 7.90. The third-order valence-electron chi connectivity index (χ3n) is 2.11. The van der Waals surface area contributed by atoms with Crippen LogP contribution in [0.2, 0.25) is 5.02 Å². The first kappa shape index (κ1) is 14.4. The Bertz CT molecular complexity index is 441. The SMILES string of the molecule is COCC(O)CS(=O)(=O)Cc1ccc(Cl)cc1. The van der Waals surface area contributed by atoms with Crippen LogP contribution in [0, 0.1) is 0 Å². The Morgan fingerprint density at radius 1 is 1.35 bits per heavy atom. The highest BCUT2D eigenvalue weighted by atomic mass is 35.5. The van der Waals surface area contributed by atoms with Crippen LogP contribution in [0.25, 0.3) is 0 Å². The van der Waals surface area contributed by atoms with Gasteiger partial charge in [-0.15, -0.1) is 0 Å². The van der Waals surface area contributed by atoms with E-state index in [-0.39, 0.29) is 18.1 Å². The first-order chi connectivity index (χ1) is 7.93. The lowest BCUT2D eigenvalue weighted by Crippen LogP contribution is -2.26. The van der Waals surface area contributed by atoms with Crippen molar-refractivity contribution >= 4 is 21.4 Å². The highest BCUT2D eigenvalue weighted by Gasteiger charge is 2.17. The second kappa shape index (κ2) is 6.35. The molecule has 0 heterocycles. The predicted molar refractivity (Wildman–Crippen MR) is 66.8 cm³/mol. The third kappa shape index (κ3) is 5.50. The van der Waals surface area contributed by atoms with Crippen LogP contribution < -0.4 is 0 Å². The summed E-state index contributed by atoms with van der Waals surface area (Å²) in [5.41, 5.74) is 0.652. The second-order valence-electron chi connectivity index (χ2n) is 3.79. The van der Waals surface area contributed by atoms with E-state index in [1.807, 2.05) is 0 Å². The zero-order chi connectivity index (χ0) is 12.9. The van der Waals surface area contributed by atoms with Crippen LogP contribution in [0.1, 0.15) is 5.56 Å². The fourth-order valence-corrected chi connectivity index (χ4v) is 3.05. The average Bonchev–Trinajstić information content (AvgIpc) is 2.20. The molecule has 1 N–H and O–H groups in total. The molecule has 17 heavy (non-hydrogen) atoms. The molecular formula is C11H15ClO4S. The van der Waals surface area contributed by atoms with E-state index in [4.69, 9.17) is 11.6 Å². The summed E-state index contributed by atoms with van der Waals surface area (Å²) in [6.07, 6.45) is -0.989. The zero-order valence-corrected chi connectivity index (χ0v) is 11.0. The molecule has 0 saturated carbocycles. The van der Waals surface area contributed by atoms with Gasteiger partial charge in [-0.25, -0.2) is 8.42 Å². The topological polar surface area (TPSA) is 63.6 Å². The van der Waals surface area contributed by atoms with Crippen LogP contribution in [0.15, 0.2) is 24.3 Å². The van der Waals surface area contributed by atoms with E-state index < -0.39 is 15.9 Å². The summed E-state index contributed by atoms with van der Waals surface area (Å²) in [6.45, 7) is 0.0137. The van der Waals surface area contributed by atoms with Crippen molar-refractivity contribution in [2.24, 2.45) is 0 Å². The van der Waals surface area contributed by atoms with Gasteiger partial charge in [0.25, 0.3) is 0 Å². The van der Waals surface area contributed by atoms with Gasteiger partial charge in [0.05, 0.1) is 24.2 Å². The molecule has 0 radical (unpaired) electrons. The van der Waals surface area contributed by atoms with E-state index in [0.717, 1.165) is 0 Å². The predicted octanol–water partition coefficient (Wildman–Crippen LogP) is 1.26. The van der Waals surface area contributed by atoms with Crippen LogP contribution in [0.3, 0.4) is 0 Å². The molecule has 1 aromatic carbocycles. The Morgan fingerprint density at radius 3 is 2.47 bits per heavy atom. The van der Waals surface area contributed by atoms with Gasteiger partial charge in [-0.1, -0.05) is 23.7 Å². The average molecular weight is 279 g/mol.